The minimum atomic E-state index is -0.488. The third-order valence-corrected chi connectivity index (χ3v) is 4.11. The summed E-state index contributed by atoms with van der Waals surface area (Å²) in [5.74, 6) is -0.595. The van der Waals surface area contributed by atoms with Gasteiger partial charge in [-0.3, -0.25) is 9.59 Å². The van der Waals surface area contributed by atoms with E-state index >= 15 is 0 Å². The van der Waals surface area contributed by atoms with Crippen molar-refractivity contribution in [3.05, 3.63) is 57.2 Å². The van der Waals surface area contributed by atoms with E-state index in [-0.39, 0.29) is 18.2 Å². The Morgan fingerprint density at radius 2 is 2.00 bits per heavy atom. The summed E-state index contributed by atoms with van der Waals surface area (Å²) in [7, 11) is 1.44. The number of hydrogen-bond donors (Lipinski definition) is 3. The lowest BCUT2D eigenvalue weighted by Crippen LogP contribution is -2.35. The van der Waals surface area contributed by atoms with Crippen LogP contribution >= 0.6 is 22.6 Å². The van der Waals surface area contributed by atoms with Crippen LogP contribution in [0.3, 0.4) is 0 Å². The van der Waals surface area contributed by atoms with Gasteiger partial charge in [0, 0.05) is 9.13 Å². The molecule has 8 heteroatoms. The van der Waals surface area contributed by atoms with Gasteiger partial charge >= 0.3 is 0 Å². The maximum atomic E-state index is 12.0. The van der Waals surface area contributed by atoms with E-state index in [1.165, 1.54) is 13.3 Å². The fraction of sp³-hybridized carbons (Fsp3) is 0.118. The molecule has 2 aromatic carbocycles. The van der Waals surface area contributed by atoms with Gasteiger partial charge in [0.1, 0.15) is 0 Å². The molecule has 0 spiro atoms. The summed E-state index contributed by atoms with van der Waals surface area (Å²) < 4.78 is 5.78. The quantitative estimate of drug-likeness (QED) is 0.354. The predicted molar refractivity (Wildman–Crippen MR) is 102 cm³/mol. The van der Waals surface area contributed by atoms with E-state index < -0.39 is 5.91 Å². The number of para-hydroxylation sites is 1. The Kier molecular flexibility index (Phi) is 6.75. The number of phenols is 1. The van der Waals surface area contributed by atoms with Crippen LogP contribution in [0.5, 0.6) is 11.5 Å². The minimum absolute atomic E-state index is 0.0741. The van der Waals surface area contributed by atoms with Crippen molar-refractivity contribution in [2.45, 2.75) is 0 Å². The zero-order chi connectivity index (χ0) is 18.2. The molecule has 2 aromatic rings. The lowest BCUT2D eigenvalue weighted by atomic mass is 10.2. The first-order valence-electron chi connectivity index (χ1n) is 7.23. The first-order valence-corrected chi connectivity index (χ1v) is 8.31. The molecule has 0 heterocycles. The Morgan fingerprint density at radius 3 is 2.72 bits per heavy atom. The number of rotatable bonds is 6. The van der Waals surface area contributed by atoms with E-state index in [1.807, 2.05) is 6.07 Å². The van der Waals surface area contributed by atoms with Crippen LogP contribution in [0.25, 0.3) is 0 Å². The molecule has 0 atom stereocenters. The average molecular weight is 453 g/mol. The summed E-state index contributed by atoms with van der Waals surface area (Å²) in [5, 5.41) is 16.2. The van der Waals surface area contributed by atoms with Gasteiger partial charge in [0.15, 0.2) is 11.5 Å². The first-order chi connectivity index (χ1) is 12.0. The SMILES string of the molecule is COc1cccc(/C=N/NC(=O)CNC(=O)c2ccccc2I)c1O. The Hall–Kier alpha value is -2.62. The second kappa shape index (κ2) is 9.02. The van der Waals surface area contributed by atoms with Gasteiger partial charge in [-0.25, -0.2) is 5.43 Å². The highest BCUT2D eigenvalue weighted by molar-refractivity contribution is 14.1. The monoisotopic (exact) mass is 453 g/mol. The Morgan fingerprint density at radius 1 is 1.24 bits per heavy atom. The molecule has 0 aliphatic rings. The molecule has 0 aliphatic heterocycles. The highest BCUT2D eigenvalue weighted by Crippen LogP contribution is 2.27. The molecule has 0 aliphatic carbocycles. The van der Waals surface area contributed by atoms with Gasteiger partial charge in [0.2, 0.25) is 0 Å². The molecule has 2 rings (SSSR count). The van der Waals surface area contributed by atoms with Crippen molar-refractivity contribution < 1.29 is 19.4 Å². The lowest BCUT2D eigenvalue weighted by Gasteiger charge is -2.06. The maximum absolute atomic E-state index is 12.0. The van der Waals surface area contributed by atoms with Gasteiger partial charge in [-0.1, -0.05) is 18.2 Å². The molecule has 0 radical (unpaired) electrons. The zero-order valence-electron chi connectivity index (χ0n) is 13.3. The van der Waals surface area contributed by atoms with Crippen LogP contribution in [-0.2, 0) is 4.79 Å². The number of nitrogens with zero attached hydrogens (tertiary/aromatic N) is 1. The molecule has 2 amide bonds. The fourth-order valence-electron chi connectivity index (χ4n) is 1.92. The van der Waals surface area contributed by atoms with E-state index in [0.717, 1.165) is 3.57 Å². The number of halogens is 1. The van der Waals surface area contributed by atoms with Gasteiger partial charge < -0.3 is 15.2 Å². The highest BCUT2D eigenvalue weighted by Gasteiger charge is 2.10. The van der Waals surface area contributed by atoms with Gasteiger partial charge in [-0.05, 0) is 46.9 Å². The van der Waals surface area contributed by atoms with Crippen LogP contribution < -0.4 is 15.5 Å². The van der Waals surface area contributed by atoms with Crippen molar-refractivity contribution in [1.29, 1.82) is 0 Å². The molecule has 0 bridgehead atoms. The normalized spacial score (nSPS) is 10.5. The zero-order valence-corrected chi connectivity index (χ0v) is 15.5. The van der Waals surface area contributed by atoms with Gasteiger partial charge in [-0.15, -0.1) is 0 Å². The molecule has 0 saturated heterocycles. The molecule has 0 unspecified atom stereocenters. The number of aromatic hydroxyl groups is 1. The molecular weight excluding hydrogens is 437 g/mol. The van der Waals surface area contributed by atoms with Crippen molar-refractivity contribution in [1.82, 2.24) is 10.7 Å². The topological polar surface area (TPSA) is 100 Å². The number of carbonyl (C=O) groups is 2. The Balaban J connectivity index is 1.87. The number of ether oxygens (including phenoxy) is 1. The number of hydrogen-bond acceptors (Lipinski definition) is 5. The van der Waals surface area contributed by atoms with Crippen molar-refractivity contribution in [2.24, 2.45) is 5.10 Å². The van der Waals surface area contributed by atoms with Crippen LogP contribution in [-0.4, -0.2) is 36.8 Å². The molecule has 0 saturated carbocycles. The predicted octanol–water partition coefficient (Wildman–Crippen LogP) is 1.89. The highest BCUT2D eigenvalue weighted by atomic mass is 127. The summed E-state index contributed by atoms with van der Waals surface area (Å²) >= 11 is 2.05. The number of benzene rings is 2. The largest absolute Gasteiger partial charge is 0.504 e. The molecule has 7 nitrogen and oxygen atoms in total. The van der Waals surface area contributed by atoms with E-state index in [2.05, 4.69) is 38.4 Å². The summed E-state index contributed by atoms with van der Waals surface area (Å²) in [6, 6.07) is 12.0. The molecule has 0 aromatic heterocycles. The van der Waals surface area contributed by atoms with Crippen molar-refractivity contribution in [2.75, 3.05) is 13.7 Å². The number of carbonyl (C=O) groups excluding carboxylic acids is 2. The van der Waals surface area contributed by atoms with E-state index in [4.69, 9.17) is 4.74 Å². The van der Waals surface area contributed by atoms with Crippen LogP contribution in [0.15, 0.2) is 47.6 Å². The summed E-state index contributed by atoms with van der Waals surface area (Å²) in [5.41, 5.74) is 3.17. The van der Waals surface area contributed by atoms with E-state index in [0.29, 0.717) is 16.9 Å². The van der Waals surface area contributed by atoms with Crippen molar-refractivity contribution in [3.8, 4) is 11.5 Å². The molecule has 3 N–H and O–H groups in total. The molecular formula is C17H16IN3O4. The van der Waals surface area contributed by atoms with Gasteiger partial charge in [0.05, 0.1) is 25.4 Å². The Bertz CT molecular complexity index is 808. The lowest BCUT2D eigenvalue weighted by molar-refractivity contribution is -0.120. The third-order valence-electron chi connectivity index (χ3n) is 3.17. The average Bonchev–Trinajstić information content (AvgIpc) is 2.61. The summed E-state index contributed by atoms with van der Waals surface area (Å²) in [4.78, 5) is 23.7. The molecule has 25 heavy (non-hydrogen) atoms. The summed E-state index contributed by atoms with van der Waals surface area (Å²) in [6.07, 6.45) is 1.29. The Labute approximate surface area is 158 Å². The van der Waals surface area contributed by atoms with Crippen LogP contribution in [0.1, 0.15) is 15.9 Å². The number of hydrazone groups is 1. The van der Waals surface area contributed by atoms with Crippen LogP contribution in [0, 0.1) is 3.57 Å². The number of amides is 2. The standard InChI is InChI=1S/C17H16IN3O4/c1-25-14-8-4-5-11(16(14)23)9-20-21-15(22)10-19-17(24)12-6-2-3-7-13(12)18/h2-9,23H,10H2,1H3,(H,19,24)(H,21,22)/b20-9+. The maximum Gasteiger partial charge on any atom is 0.259 e. The minimum Gasteiger partial charge on any atom is -0.504 e. The van der Waals surface area contributed by atoms with Crippen molar-refractivity contribution >= 4 is 40.6 Å². The third kappa shape index (κ3) is 5.18. The number of methoxy groups -OCH3 is 1. The smallest absolute Gasteiger partial charge is 0.259 e. The van der Waals surface area contributed by atoms with Gasteiger partial charge in [-0.2, -0.15) is 5.10 Å². The fourth-order valence-corrected chi connectivity index (χ4v) is 2.56. The number of phenolic OH excluding ortho intramolecular Hbond substituents is 1. The molecule has 130 valence electrons. The van der Waals surface area contributed by atoms with E-state index in [1.54, 1.807) is 36.4 Å². The van der Waals surface area contributed by atoms with Gasteiger partial charge in [0.25, 0.3) is 11.8 Å². The molecule has 0 fully saturated rings. The second-order valence-electron chi connectivity index (χ2n) is 4.85. The summed E-state index contributed by atoms with van der Waals surface area (Å²) in [6.45, 7) is -0.217. The van der Waals surface area contributed by atoms with Crippen LogP contribution in [0.4, 0.5) is 0 Å². The first kappa shape index (κ1) is 18.7. The number of nitrogens with one attached hydrogen (secondary N) is 2. The van der Waals surface area contributed by atoms with Crippen LogP contribution in [0.2, 0.25) is 0 Å². The second-order valence-corrected chi connectivity index (χ2v) is 6.02. The van der Waals surface area contributed by atoms with Crippen molar-refractivity contribution in [3.63, 3.8) is 0 Å². The van der Waals surface area contributed by atoms with E-state index in [9.17, 15) is 14.7 Å².